The Balaban J connectivity index is 2.14. The first-order chi connectivity index (χ1) is 7.83. The maximum absolute atomic E-state index is 9.05. The summed E-state index contributed by atoms with van der Waals surface area (Å²) < 4.78 is 5.38. The van der Waals surface area contributed by atoms with Crippen LogP contribution in [-0.2, 0) is 4.74 Å². The van der Waals surface area contributed by atoms with E-state index in [1.807, 2.05) is 18.2 Å². The SMILES string of the molecule is N#Cc1cccc(N2CCOC(CO)C2)c1. The van der Waals surface area contributed by atoms with Gasteiger partial charge in [0.05, 0.1) is 31.0 Å². The third kappa shape index (κ3) is 2.32. The predicted molar refractivity (Wildman–Crippen MR) is 60.2 cm³/mol. The van der Waals surface area contributed by atoms with Crippen LogP contribution in [0.3, 0.4) is 0 Å². The van der Waals surface area contributed by atoms with Crippen molar-refractivity contribution < 1.29 is 9.84 Å². The minimum atomic E-state index is -0.125. The van der Waals surface area contributed by atoms with Gasteiger partial charge in [-0.05, 0) is 18.2 Å². The fourth-order valence-corrected chi connectivity index (χ4v) is 1.84. The summed E-state index contributed by atoms with van der Waals surface area (Å²) in [7, 11) is 0. The van der Waals surface area contributed by atoms with Crippen molar-refractivity contribution in [2.75, 3.05) is 31.2 Å². The van der Waals surface area contributed by atoms with E-state index in [9.17, 15) is 0 Å². The third-order valence-electron chi connectivity index (χ3n) is 2.68. The highest BCUT2D eigenvalue weighted by Crippen LogP contribution is 2.18. The predicted octanol–water partition coefficient (Wildman–Crippen LogP) is 0.756. The molecule has 0 aliphatic carbocycles. The van der Waals surface area contributed by atoms with Gasteiger partial charge in [0.2, 0.25) is 0 Å². The van der Waals surface area contributed by atoms with Crippen LogP contribution in [-0.4, -0.2) is 37.5 Å². The second-order valence-electron chi connectivity index (χ2n) is 3.78. The van der Waals surface area contributed by atoms with E-state index in [-0.39, 0.29) is 12.7 Å². The van der Waals surface area contributed by atoms with E-state index in [1.54, 1.807) is 6.07 Å². The monoisotopic (exact) mass is 218 g/mol. The summed E-state index contributed by atoms with van der Waals surface area (Å²) in [6, 6.07) is 9.62. The van der Waals surface area contributed by atoms with E-state index in [4.69, 9.17) is 15.1 Å². The molecular formula is C12H14N2O2. The molecule has 1 aliphatic rings. The van der Waals surface area contributed by atoms with Crippen LogP contribution in [0.25, 0.3) is 0 Å². The molecule has 0 aromatic heterocycles. The first kappa shape index (κ1) is 10.9. The molecule has 1 saturated heterocycles. The van der Waals surface area contributed by atoms with Gasteiger partial charge in [-0.15, -0.1) is 0 Å². The number of morpholine rings is 1. The lowest BCUT2D eigenvalue weighted by molar-refractivity contribution is 0.00357. The molecule has 0 saturated carbocycles. The third-order valence-corrected chi connectivity index (χ3v) is 2.68. The van der Waals surface area contributed by atoms with Gasteiger partial charge in [-0.2, -0.15) is 5.26 Å². The number of nitriles is 1. The van der Waals surface area contributed by atoms with Crippen LogP contribution < -0.4 is 4.90 Å². The number of aliphatic hydroxyl groups excluding tert-OH is 1. The molecule has 1 aromatic rings. The molecule has 1 aliphatic heterocycles. The molecule has 0 radical (unpaired) electrons. The second kappa shape index (κ2) is 4.97. The Morgan fingerprint density at radius 1 is 1.56 bits per heavy atom. The van der Waals surface area contributed by atoms with Crippen LogP contribution in [0.1, 0.15) is 5.56 Å². The van der Waals surface area contributed by atoms with Crippen LogP contribution in [0.2, 0.25) is 0 Å². The summed E-state index contributed by atoms with van der Waals surface area (Å²) >= 11 is 0. The van der Waals surface area contributed by atoms with Crippen LogP contribution >= 0.6 is 0 Å². The quantitative estimate of drug-likeness (QED) is 0.796. The van der Waals surface area contributed by atoms with Crippen molar-refractivity contribution in [3.63, 3.8) is 0 Å². The molecule has 1 atom stereocenters. The maximum atomic E-state index is 9.05. The van der Waals surface area contributed by atoms with E-state index in [0.29, 0.717) is 18.7 Å². The molecule has 1 fully saturated rings. The molecule has 2 rings (SSSR count). The summed E-state index contributed by atoms with van der Waals surface area (Å²) in [4.78, 5) is 2.13. The van der Waals surface area contributed by atoms with Gasteiger partial charge in [0.1, 0.15) is 0 Å². The molecule has 1 aromatic carbocycles. The summed E-state index contributed by atoms with van der Waals surface area (Å²) in [6.07, 6.45) is -0.125. The van der Waals surface area contributed by atoms with Gasteiger partial charge in [-0.3, -0.25) is 0 Å². The zero-order valence-electron chi connectivity index (χ0n) is 8.97. The minimum absolute atomic E-state index is 0.0362. The molecule has 1 heterocycles. The summed E-state index contributed by atoms with van der Waals surface area (Å²) in [5.41, 5.74) is 1.67. The van der Waals surface area contributed by atoms with Crippen molar-refractivity contribution in [2.45, 2.75) is 6.10 Å². The Hall–Kier alpha value is -1.57. The molecule has 4 nitrogen and oxygen atoms in total. The molecule has 1 unspecified atom stereocenters. The zero-order chi connectivity index (χ0) is 11.4. The second-order valence-corrected chi connectivity index (χ2v) is 3.78. The Labute approximate surface area is 94.7 Å². The lowest BCUT2D eigenvalue weighted by Crippen LogP contribution is -2.44. The van der Waals surface area contributed by atoms with Gasteiger partial charge in [0, 0.05) is 18.8 Å². The first-order valence-electron chi connectivity index (χ1n) is 5.31. The van der Waals surface area contributed by atoms with Crippen molar-refractivity contribution in [3.8, 4) is 6.07 Å². The lowest BCUT2D eigenvalue weighted by Gasteiger charge is -2.33. The van der Waals surface area contributed by atoms with Gasteiger partial charge in [-0.1, -0.05) is 6.07 Å². The van der Waals surface area contributed by atoms with Crippen LogP contribution in [0.4, 0.5) is 5.69 Å². The molecule has 1 N–H and O–H groups in total. The van der Waals surface area contributed by atoms with Gasteiger partial charge in [-0.25, -0.2) is 0 Å². The number of rotatable bonds is 2. The highest BCUT2D eigenvalue weighted by Gasteiger charge is 2.19. The Kier molecular flexibility index (Phi) is 3.40. The highest BCUT2D eigenvalue weighted by molar-refractivity contribution is 5.51. The lowest BCUT2D eigenvalue weighted by atomic mass is 10.2. The van der Waals surface area contributed by atoms with E-state index >= 15 is 0 Å². The van der Waals surface area contributed by atoms with Crippen LogP contribution in [0.15, 0.2) is 24.3 Å². The van der Waals surface area contributed by atoms with Gasteiger partial charge >= 0.3 is 0 Å². The van der Waals surface area contributed by atoms with Crippen molar-refractivity contribution in [3.05, 3.63) is 29.8 Å². The summed E-state index contributed by atoms with van der Waals surface area (Å²) in [6.45, 7) is 2.12. The standard InChI is InChI=1S/C12H14N2O2/c13-7-10-2-1-3-11(6-10)14-4-5-16-12(8-14)9-15/h1-3,6,12,15H,4-5,8-9H2. The number of benzene rings is 1. The molecule has 0 bridgehead atoms. The zero-order valence-corrected chi connectivity index (χ0v) is 8.97. The van der Waals surface area contributed by atoms with Crippen molar-refractivity contribution in [1.82, 2.24) is 0 Å². The van der Waals surface area contributed by atoms with Gasteiger partial charge in [0.15, 0.2) is 0 Å². The van der Waals surface area contributed by atoms with Gasteiger partial charge in [0.25, 0.3) is 0 Å². The van der Waals surface area contributed by atoms with Crippen molar-refractivity contribution in [2.24, 2.45) is 0 Å². The van der Waals surface area contributed by atoms with E-state index in [0.717, 1.165) is 12.2 Å². The Morgan fingerprint density at radius 2 is 2.44 bits per heavy atom. The molecule has 0 spiro atoms. The Bertz CT molecular complexity index is 400. The van der Waals surface area contributed by atoms with E-state index in [1.165, 1.54) is 0 Å². The van der Waals surface area contributed by atoms with E-state index < -0.39 is 0 Å². The molecule has 0 amide bonds. The molecule has 84 valence electrons. The molecule has 16 heavy (non-hydrogen) atoms. The number of nitrogens with zero attached hydrogens (tertiary/aromatic N) is 2. The topological polar surface area (TPSA) is 56.5 Å². The number of aliphatic hydroxyl groups is 1. The normalized spacial score (nSPS) is 20.5. The van der Waals surface area contributed by atoms with Crippen LogP contribution in [0.5, 0.6) is 0 Å². The van der Waals surface area contributed by atoms with Crippen LogP contribution in [0, 0.1) is 11.3 Å². The minimum Gasteiger partial charge on any atom is -0.394 e. The average molecular weight is 218 g/mol. The van der Waals surface area contributed by atoms with E-state index in [2.05, 4.69) is 11.0 Å². The summed E-state index contributed by atoms with van der Waals surface area (Å²) in [5, 5.41) is 17.9. The smallest absolute Gasteiger partial charge is 0.0992 e. The Morgan fingerprint density at radius 3 is 3.19 bits per heavy atom. The molecule has 4 heteroatoms. The maximum Gasteiger partial charge on any atom is 0.0992 e. The van der Waals surface area contributed by atoms with Crippen molar-refractivity contribution >= 4 is 5.69 Å². The fourth-order valence-electron chi connectivity index (χ4n) is 1.84. The number of ether oxygens (including phenoxy) is 1. The fraction of sp³-hybridized carbons (Fsp3) is 0.417. The van der Waals surface area contributed by atoms with Gasteiger partial charge < -0.3 is 14.7 Å². The molecular weight excluding hydrogens is 204 g/mol. The number of anilines is 1. The summed E-state index contributed by atoms with van der Waals surface area (Å²) in [5.74, 6) is 0. The number of hydrogen-bond acceptors (Lipinski definition) is 4. The number of hydrogen-bond donors (Lipinski definition) is 1. The van der Waals surface area contributed by atoms with Crippen molar-refractivity contribution in [1.29, 1.82) is 5.26 Å². The average Bonchev–Trinajstić information content (AvgIpc) is 2.39. The largest absolute Gasteiger partial charge is 0.394 e. The first-order valence-corrected chi connectivity index (χ1v) is 5.31. The highest BCUT2D eigenvalue weighted by atomic mass is 16.5.